The van der Waals surface area contributed by atoms with Gasteiger partial charge in [0.1, 0.15) is 0 Å². The van der Waals surface area contributed by atoms with Gasteiger partial charge in [-0.15, -0.1) is 0 Å². The summed E-state index contributed by atoms with van der Waals surface area (Å²) in [4.78, 5) is 23.6. The maximum Gasteiger partial charge on any atom is 0.337 e. The van der Waals surface area contributed by atoms with Crippen LogP contribution in [0, 0.1) is 0 Å². The maximum atomic E-state index is 12.1. The molecule has 110 valence electrons. The van der Waals surface area contributed by atoms with Gasteiger partial charge in [-0.3, -0.25) is 9.89 Å². The molecular weight excluding hydrogens is 272 g/mol. The van der Waals surface area contributed by atoms with Crippen LogP contribution in [0.15, 0.2) is 24.3 Å². The Balaban J connectivity index is 2.19. The van der Waals surface area contributed by atoms with Crippen LogP contribution in [0.4, 0.5) is 11.4 Å². The van der Waals surface area contributed by atoms with Crippen molar-refractivity contribution < 1.29 is 14.3 Å². The second-order valence-electron chi connectivity index (χ2n) is 4.34. The van der Waals surface area contributed by atoms with E-state index in [2.05, 4.69) is 20.3 Å². The highest BCUT2D eigenvalue weighted by Gasteiger charge is 2.17. The van der Waals surface area contributed by atoms with Crippen LogP contribution in [0.25, 0.3) is 0 Å². The minimum atomic E-state index is -0.473. The molecule has 0 aliphatic rings. The number of nitrogens with zero attached hydrogens (tertiary/aromatic N) is 1. The fourth-order valence-corrected chi connectivity index (χ4v) is 1.86. The van der Waals surface area contributed by atoms with E-state index < -0.39 is 11.9 Å². The Morgan fingerprint density at radius 1 is 1.43 bits per heavy atom. The maximum absolute atomic E-state index is 12.1. The normalized spacial score (nSPS) is 10.2. The first kappa shape index (κ1) is 14.6. The van der Waals surface area contributed by atoms with Crippen LogP contribution in [-0.2, 0) is 11.2 Å². The SMILES string of the molecule is CCc1[nH]nc(C(=O)Nc2cccc(C(=O)OC)c2)c1N. The van der Waals surface area contributed by atoms with Crippen molar-refractivity contribution in [2.75, 3.05) is 18.2 Å². The van der Waals surface area contributed by atoms with E-state index in [1.807, 2.05) is 6.92 Å². The first-order chi connectivity index (χ1) is 10.1. The molecule has 0 radical (unpaired) electrons. The first-order valence-corrected chi connectivity index (χ1v) is 6.39. The topological polar surface area (TPSA) is 110 Å². The number of rotatable bonds is 4. The number of carbonyl (C=O) groups is 2. The molecule has 0 fully saturated rings. The van der Waals surface area contributed by atoms with Gasteiger partial charge in [-0.05, 0) is 24.6 Å². The summed E-state index contributed by atoms with van der Waals surface area (Å²) in [6, 6.07) is 6.42. The highest BCUT2D eigenvalue weighted by atomic mass is 16.5. The summed E-state index contributed by atoms with van der Waals surface area (Å²) in [5, 5.41) is 9.27. The Bertz CT molecular complexity index is 679. The number of hydrogen-bond donors (Lipinski definition) is 3. The molecule has 7 nitrogen and oxygen atoms in total. The first-order valence-electron chi connectivity index (χ1n) is 6.39. The molecule has 0 spiro atoms. The van der Waals surface area contributed by atoms with E-state index in [4.69, 9.17) is 5.73 Å². The summed E-state index contributed by atoms with van der Waals surface area (Å²) >= 11 is 0. The molecule has 0 bridgehead atoms. The number of nitrogens with one attached hydrogen (secondary N) is 2. The molecule has 0 saturated heterocycles. The average Bonchev–Trinajstić information content (AvgIpc) is 2.87. The molecule has 1 aromatic heterocycles. The molecule has 2 rings (SSSR count). The van der Waals surface area contributed by atoms with Gasteiger partial charge >= 0.3 is 5.97 Å². The number of methoxy groups -OCH3 is 1. The monoisotopic (exact) mass is 288 g/mol. The van der Waals surface area contributed by atoms with Gasteiger partial charge in [-0.2, -0.15) is 5.10 Å². The van der Waals surface area contributed by atoms with Crippen molar-refractivity contribution in [3.8, 4) is 0 Å². The predicted molar refractivity (Wildman–Crippen MR) is 78.1 cm³/mol. The third-order valence-electron chi connectivity index (χ3n) is 2.99. The average molecular weight is 288 g/mol. The predicted octanol–water partition coefficient (Wildman–Crippen LogP) is 1.59. The third-order valence-corrected chi connectivity index (χ3v) is 2.99. The van der Waals surface area contributed by atoms with Crippen molar-refractivity contribution in [1.82, 2.24) is 10.2 Å². The van der Waals surface area contributed by atoms with Crippen molar-refractivity contribution in [3.63, 3.8) is 0 Å². The highest BCUT2D eigenvalue weighted by Crippen LogP contribution is 2.17. The Labute approximate surface area is 121 Å². The molecule has 1 aromatic carbocycles. The van der Waals surface area contributed by atoms with Crippen molar-refractivity contribution in [2.45, 2.75) is 13.3 Å². The van der Waals surface area contributed by atoms with E-state index in [-0.39, 0.29) is 5.69 Å². The molecule has 21 heavy (non-hydrogen) atoms. The number of nitrogen functional groups attached to an aromatic ring is 1. The zero-order valence-electron chi connectivity index (χ0n) is 11.8. The smallest absolute Gasteiger partial charge is 0.337 e. The van der Waals surface area contributed by atoms with Gasteiger partial charge in [0, 0.05) is 5.69 Å². The van der Waals surface area contributed by atoms with Crippen LogP contribution in [0.5, 0.6) is 0 Å². The van der Waals surface area contributed by atoms with Crippen molar-refractivity contribution in [2.24, 2.45) is 0 Å². The van der Waals surface area contributed by atoms with Gasteiger partial charge in [0.2, 0.25) is 0 Å². The molecule has 4 N–H and O–H groups in total. The number of ether oxygens (including phenoxy) is 1. The molecular formula is C14H16N4O3. The summed E-state index contributed by atoms with van der Waals surface area (Å²) < 4.78 is 4.63. The zero-order chi connectivity index (χ0) is 15.4. The number of carbonyl (C=O) groups excluding carboxylic acids is 2. The van der Waals surface area contributed by atoms with Crippen LogP contribution in [0.2, 0.25) is 0 Å². The number of aromatic amines is 1. The van der Waals surface area contributed by atoms with E-state index in [0.717, 1.165) is 0 Å². The summed E-state index contributed by atoms with van der Waals surface area (Å²) in [5.74, 6) is -0.913. The van der Waals surface area contributed by atoms with Gasteiger partial charge in [0.05, 0.1) is 24.1 Å². The number of benzene rings is 1. The van der Waals surface area contributed by atoms with Gasteiger partial charge in [-0.1, -0.05) is 13.0 Å². The van der Waals surface area contributed by atoms with Gasteiger partial charge in [0.25, 0.3) is 5.91 Å². The van der Waals surface area contributed by atoms with Crippen LogP contribution in [0.3, 0.4) is 0 Å². The lowest BCUT2D eigenvalue weighted by atomic mass is 10.2. The van der Waals surface area contributed by atoms with Crippen LogP contribution in [-0.4, -0.2) is 29.2 Å². The largest absolute Gasteiger partial charge is 0.465 e. The molecule has 2 aromatic rings. The van der Waals surface area contributed by atoms with E-state index in [9.17, 15) is 9.59 Å². The molecule has 0 atom stereocenters. The number of aromatic nitrogens is 2. The second-order valence-corrected chi connectivity index (χ2v) is 4.34. The van der Waals surface area contributed by atoms with E-state index in [0.29, 0.717) is 29.1 Å². The van der Waals surface area contributed by atoms with Crippen LogP contribution >= 0.6 is 0 Å². The van der Waals surface area contributed by atoms with E-state index in [1.165, 1.54) is 13.2 Å². The lowest BCUT2D eigenvalue weighted by molar-refractivity contribution is 0.0600. The number of H-pyrrole nitrogens is 1. The van der Waals surface area contributed by atoms with Gasteiger partial charge in [0.15, 0.2) is 5.69 Å². The Hall–Kier alpha value is -2.83. The molecule has 0 aliphatic carbocycles. The standard InChI is InChI=1S/C14H16N4O3/c1-3-10-11(15)12(18-17-10)13(19)16-9-6-4-5-8(7-9)14(20)21-2/h4-7H,3,15H2,1-2H3,(H,16,19)(H,17,18). The minimum absolute atomic E-state index is 0.135. The summed E-state index contributed by atoms with van der Waals surface area (Å²) in [6.07, 6.45) is 0.657. The summed E-state index contributed by atoms with van der Waals surface area (Å²) in [6.45, 7) is 1.91. The fraction of sp³-hybridized carbons (Fsp3) is 0.214. The Morgan fingerprint density at radius 2 is 2.19 bits per heavy atom. The Morgan fingerprint density at radius 3 is 2.81 bits per heavy atom. The fourth-order valence-electron chi connectivity index (χ4n) is 1.86. The molecule has 0 unspecified atom stereocenters. The van der Waals surface area contributed by atoms with Gasteiger partial charge in [-0.25, -0.2) is 4.79 Å². The van der Waals surface area contributed by atoms with E-state index in [1.54, 1.807) is 18.2 Å². The molecule has 1 amide bonds. The third kappa shape index (κ3) is 3.02. The Kier molecular flexibility index (Phi) is 4.22. The van der Waals surface area contributed by atoms with Gasteiger partial charge < -0.3 is 15.8 Å². The van der Waals surface area contributed by atoms with E-state index >= 15 is 0 Å². The van der Waals surface area contributed by atoms with Crippen molar-refractivity contribution in [1.29, 1.82) is 0 Å². The van der Waals surface area contributed by atoms with Crippen molar-refractivity contribution >= 4 is 23.3 Å². The van der Waals surface area contributed by atoms with Crippen LogP contribution in [0.1, 0.15) is 33.5 Å². The summed E-state index contributed by atoms with van der Waals surface area (Å²) in [7, 11) is 1.30. The van der Waals surface area contributed by atoms with Crippen LogP contribution < -0.4 is 11.1 Å². The molecule has 0 aliphatic heterocycles. The molecule has 0 saturated carbocycles. The summed E-state index contributed by atoms with van der Waals surface area (Å²) in [5.41, 5.74) is 7.83. The number of anilines is 2. The number of aryl methyl sites for hydroxylation is 1. The zero-order valence-corrected chi connectivity index (χ0v) is 11.8. The molecule has 7 heteroatoms. The minimum Gasteiger partial charge on any atom is -0.465 e. The second kappa shape index (κ2) is 6.08. The number of amides is 1. The number of nitrogens with two attached hydrogens (primary N) is 1. The lowest BCUT2D eigenvalue weighted by Crippen LogP contribution is -2.15. The number of hydrogen-bond acceptors (Lipinski definition) is 5. The van der Waals surface area contributed by atoms with Crippen molar-refractivity contribution in [3.05, 3.63) is 41.2 Å². The quantitative estimate of drug-likeness (QED) is 0.740. The number of esters is 1. The highest BCUT2D eigenvalue weighted by molar-refractivity contribution is 6.07. The lowest BCUT2D eigenvalue weighted by Gasteiger charge is -2.06. The molecule has 1 heterocycles.